The molecule has 0 amide bonds. The third-order valence-corrected chi connectivity index (χ3v) is 10.6. The van der Waals surface area contributed by atoms with Gasteiger partial charge < -0.3 is 14.3 Å². The van der Waals surface area contributed by atoms with Gasteiger partial charge in [0.15, 0.2) is 0 Å². The third-order valence-electron chi connectivity index (χ3n) is 10.1. The summed E-state index contributed by atoms with van der Waals surface area (Å²) in [6.07, 6.45) is 10.8. The second kappa shape index (κ2) is 5.58. The molecule has 2 heterocycles. The smallest absolute Gasteiger partial charge is 0.0959 e. The number of ether oxygens (including phenoxy) is 1. The number of aliphatic hydroxyl groups is 1. The van der Waals surface area contributed by atoms with Crippen molar-refractivity contribution in [1.29, 1.82) is 0 Å². The van der Waals surface area contributed by atoms with Crippen molar-refractivity contribution in [2.24, 2.45) is 34.5 Å². The van der Waals surface area contributed by atoms with Crippen molar-refractivity contribution >= 4 is 12.6 Å². The second-order valence-corrected chi connectivity index (χ2v) is 11.4. The molecule has 4 heteroatoms. The van der Waals surface area contributed by atoms with Gasteiger partial charge in [0.25, 0.3) is 0 Å². The zero-order chi connectivity index (χ0) is 18.6. The molecule has 1 aromatic rings. The first kappa shape index (κ1) is 17.4. The lowest BCUT2D eigenvalue weighted by Gasteiger charge is -2.65. The number of hydrogen-bond donors (Lipinski definition) is 2. The minimum absolute atomic E-state index is 0.00679. The highest BCUT2D eigenvalue weighted by molar-refractivity contribution is 7.81. The number of thiol groups is 1. The average molecular weight is 389 g/mol. The molecule has 0 aromatic carbocycles. The Labute approximate surface area is 167 Å². The number of rotatable bonds is 1. The fourth-order valence-electron chi connectivity index (χ4n) is 8.82. The van der Waals surface area contributed by atoms with Gasteiger partial charge in [0.05, 0.1) is 30.8 Å². The van der Waals surface area contributed by atoms with Gasteiger partial charge in [0, 0.05) is 10.7 Å². The van der Waals surface area contributed by atoms with Gasteiger partial charge in [0.2, 0.25) is 0 Å². The Bertz CT molecular complexity index is 734. The number of furan rings is 1. The van der Waals surface area contributed by atoms with E-state index in [4.69, 9.17) is 21.8 Å². The zero-order valence-corrected chi connectivity index (χ0v) is 17.3. The molecule has 148 valence electrons. The van der Waals surface area contributed by atoms with Gasteiger partial charge in [-0.25, -0.2) is 0 Å². The van der Waals surface area contributed by atoms with Crippen LogP contribution in [0.1, 0.15) is 63.9 Å². The summed E-state index contributed by atoms with van der Waals surface area (Å²) in [5.74, 6) is 3.04. The lowest BCUT2D eigenvalue weighted by Crippen LogP contribution is -2.66. The van der Waals surface area contributed by atoms with Crippen molar-refractivity contribution in [1.82, 2.24) is 0 Å². The van der Waals surface area contributed by atoms with Crippen molar-refractivity contribution in [3.8, 4) is 0 Å². The Balaban J connectivity index is 1.50. The maximum absolute atomic E-state index is 11.5. The molecule has 6 unspecified atom stereocenters. The first-order valence-electron chi connectivity index (χ1n) is 11.0. The molecule has 0 radical (unpaired) electrons. The molecule has 5 bridgehead atoms. The van der Waals surface area contributed by atoms with Gasteiger partial charge in [-0.3, -0.25) is 0 Å². The van der Waals surface area contributed by atoms with E-state index in [1.807, 2.05) is 12.5 Å². The maximum atomic E-state index is 11.5. The van der Waals surface area contributed by atoms with Crippen molar-refractivity contribution in [3.63, 3.8) is 0 Å². The van der Waals surface area contributed by atoms with Crippen molar-refractivity contribution in [2.75, 3.05) is 0 Å². The standard InChI is InChI=1S/C23H32O3S/c1-22-7-5-15-14-4-3-13-9-18(27)20(21(24)23(13,15)2)26-17(19(14)22)10-16(22)12-6-8-25-11-12/h6,8,11,13-21,24,27H,3-5,7,9-10H2,1-2H3/t13?,14-,15-,16?,17?,18?,19-,20?,21?,22-,23+/m1/s1. The minimum atomic E-state index is -0.371. The predicted octanol–water partition coefficient (Wildman–Crippen LogP) is 4.66. The van der Waals surface area contributed by atoms with Gasteiger partial charge in [-0.15, -0.1) is 0 Å². The third kappa shape index (κ3) is 2.03. The van der Waals surface area contributed by atoms with E-state index < -0.39 is 0 Å². The quantitative estimate of drug-likeness (QED) is 0.688. The molecular weight excluding hydrogens is 356 g/mol. The Morgan fingerprint density at radius 1 is 1.19 bits per heavy atom. The van der Waals surface area contributed by atoms with Gasteiger partial charge >= 0.3 is 0 Å². The maximum Gasteiger partial charge on any atom is 0.0959 e. The lowest BCUT2D eigenvalue weighted by atomic mass is 9.43. The summed E-state index contributed by atoms with van der Waals surface area (Å²) in [5.41, 5.74) is 1.63. The summed E-state index contributed by atoms with van der Waals surface area (Å²) in [5, 5.41) is 11.7. The van der Waals surface area contributed by atoms with Crippen molar-refractivity contribution in [3.05, 3.63) is 24.2 Å². The van der Waals surface area contributed by atoms with Crippen LogP contribution >= 0.6 is 12.6 Å². The average Bonchev–Trinajstić information content (AvgIpc) is 3.25. The first-order valence-corrected chi connectivity index (χ1v) is 11.5. The highest BCUT2D eigenvalue weighted by Gasteiger charge is 2.68. The van der Waals surface area contributed by atoms with E-state index in [1.165, 1.54) is 31.2 Å². The van der Waals surface area contributed by atoms with Crippen LogP contribution in [0.5, 0.6) is 0 Å². The summed E-state index contributed by atoms with van der Waals surface area (Å²) in [4.78, 5) is 0. The van der Waals surface area contributed by atoms with Gasteiger partial charge in [-0.05, 0) is 85.2 Å². The van der Waals surface area contributed by atoms with E-state index in [1.54, 1.807) is 0 Å². The van der Waals surface area contributed by atoms with Crippen LogP contribution in [0.25, 0.3) is 0 Å². The molecule has 1 aliphatic heterocycles. The van der Waals surface area contributed by atoms with E-state index in [2.05, 4.69) is 19.9 Å². The van der Waals surface area contributed by atoms with Crippen molar-refractivity contribution in [2.45, 2.75) is 81.9 Å². The molecule has 5 fully saturated rings. The van der Waals surface area contributed by atoms with Gasteiger partial charge in [-0.2, -0.15) is 12.6 Å². The topological polar surface area (TPSA) is 42.6 Å². The molecule has 4 saturated carbocycles. The van der Waals surface area contributed by atoms with Crippen LogP contribution in [-0.4, -0.2) is 28.7 Å². The molecule has 0 spiro atoms. The molecule has 11 atom stereocenters. The van der Waals surface area contributed by atoms with E-state index in [0.29, 0.717) is 29.6 Å². The number of aliphatic hydroxyl groups excluding tert-OH is 1. The molecular formula is C23H32O3S. The van der Waals surface area contributed by atoms with Crippen LogP contribution in [0.3, 0.4) is 0 Å². The Kier molecular flexibility index (Phi) is 3.60. The fraction of sp³-hybridized carbons (Fsp3) is 0.826. The Morgan fingerprint density at radius 2 is 2.04 bits per heavy atom. The highest BCUT2D eigenvalue weighted by Crippen LogP contribution is 2.71. The largest absolute Gasteiger partial charge is 0.472 e. The SMILES string of the molecule is C[C@]12C3CC[C@@H]4[C@H]1CC[C@]1(C)C(c5ccoc5)CC(OC(C(S)C3)C2O)[C@@H]41. The normalized spacial score (nSPS) is 58.7. The molecule has 1 saturated heterocycles. The molecule has 6 rings (SSSR count). The highest BCUT2D eigenvalue weighted by atomic mass is 32.1. The second-order valence-electron chi connectivity index (χ2n) is 10.7. The molecule has 1 N–H and O–H groups in total. The van der Waals surface area contributed by atoms with Gasteiger partial charge in [-0.1, -0.05) is 13.8 Å². The van der Waals surface area contributed by atoms with E-state index >= 15 is 0 Å². The summed E-state index contributed by atoms with van der Waals surface area (Å²) in [7, 11) is 0. The number of fused-ring (bicyclic) bond motifs is 1. The zero-order valence-electron chi connectivity index (χ0n) is 16.4. The summed E-state index contributed by atoms with van der Waals surface area (Å²) in [6, 6.07) is 2.16. The van der Waals surface area contributed by atoms with E-state index in [0.717, 1.165) is 12.8 Å². The fourth-order valence-corrected chi connectivity index (χ4v) is 9.31. The van der Waals surface area contributed by atoms with Crippen LogP contribution in [0.15, 0.2) is 23.0 Å². The first-order chi connectivity index (χ1) is 12.9. The minimum Gasteiger partial charge on any atom is -0.472 e. The molecule has 5 aliphatic rings. The molecule has 4 aliphatic carbocycles. The van der Waals surface area contributed by atoms with Crippen molar-refractivity contribution < 1.29 is 14.3 Å². The Morgan fingerprint density at radius 3 is 2.81 bits per heavy atom. The van der Waals surface area contributed by atoms with Crippen LogP contribution in [0, 0.1) is 34.5 Å². The monoisotopic (exact) mass is 388 g/mol. The summed E-state index contributed by atoms with van der Waals surface area (Å²) >= 11 is 4.92. The van der Waals surface area contributed by atoms with E-state index in [-0.39, 0.29) is 34.4 Å². The van der Waals surface area contributed by atoms with Crippen LogP contribution in [-0.2, 0) is 4.74 Å². The van der Waals surface area contributed by atoms with Gasteiger partial charge in [0.1, 0.15) is 0 Å². The van der Waals surface area contributed by atoms with Crippen LogP contribution < -0.4 is 0 Å². The predicted molar refractivity (Wildman–Crippen MR) is 107 cm³/mol. The van der Waals surface area contributed by atoms with Crippen LogP contribution in [0.2, 0.25) is 0 Å². The summed E-state index contributed by atoms with van der Waals surface area (Å²) < 4.78 is 12.3. The Hall–Kier alpha value is -0.450. The molecule has 1 aromatic heterocycles. The molecule has 27 heavy (non-hydrogen) atoms. The molecule has 3 nitrogen and oxygen atoms in total. The summed E-state index contributed by atoms with van der Waals surface area (Å²) in [6.45, 7) is 4.91. The van der Waals surface area contributed by atoms with E-state index in [9.17, 15) is 5.11 Å². The number of hydrogen-bond acceptors (Lipinski definition) is 4. The lowest BCUT2D eigenvalue weighted by molar-refractivity contribution is -0.249. The van der Waals surface area contributed by atoms with Crippen LogP contribution in [0.4, 0.5) is 0 Å².